The van der Waals surface area contributed by atoms with E-state index in [0.29, 0.717) is 5.75 Å². The number of aromatic nitrogens is 2. The zero-order chi connectivity index (χ0) is 11.6. The van der Waals surface area contributed by atoms with Crippen LogP contribution in [0.3, 0.4) is 0 Å². The van der Waals surface area contributed by atoms with Gasteiger partial charge in [0, 0.05) is 7.05 Å². The lowest BCUT2D eigenvalue weighted by molar-refractivity contribution is -0.147. The maximum Gasteiger partial charge on any atom is 0.346 e. The van der Waals surface area contributed by atoms with Crippen LogP contribution in [0.15, 0.2) is 0 Å². The molecule has 0 aliphatic carbocycles. The maximum absolute atomic E-state index is 11.2. The second-order valence-electron chi connectivity index (χ2n) is 3.41. The Bertz CT molecular complexity index is 371. The van der Waals surface area contributed by atoms with Crippen LogP contribution in [0.25, 0.3) is 0 Å². The van der Waals surface area contributed by atoms with Gasteiger partial charge >= 0.3 is 5.97 Å². The highest BCUT2D eigenvalue weighted by molar-refractivity contribution is 5.74. The van der Waals surface area contributed by atoms with E-state index in [1.807, 2.05) is 20.9 Å². The molecule has 1 rings (SSSR count). The molecule has 0 fully saturated rings. The summed E-state index contributed by atoms with van der Waals surface area (Å²) in [7, 11) is 3.17. The summed E-state index contributed by atoms with van der Waals surface area (Å²) in [4.78, 5) is 11.2. The predicted molar refractivity (Wildman–Crippen MR) is 54.8 cm³/mol. The van der Waals surface area contributed by atoms with Gasteiger partial charge in [0.2, 0.25) is 0 Å². The molecule has 15 heavy (non-hydrogen) atoms. The van der Waals surface area contributed by atoms with Crippen molar-refractivity contribution in [1.29, 1.82) is 0 Å². The topological polar surface area (TPSA) is 53.4 Å². The molecule has 5 nitrogen and oxygen atoms in total. The largest absolute Gasteiger partial charge is 0.475 e. The highest BCUT2D eigenvalue weighted by Crippen LogP contribution is 2.22. The van der Waals surface area contributed by atoms with Crippen molar-refractivity contribution in [1.82, 2.24) is 9.78 Å². The van der Waals surface area contributed by atoms with Crippen molar-refractivity contribution in [3.63, 3.8) is 0 Å². The number of aryl methyl sites for hydroxylation is 2. The van der Waals surface area contributed by atoms with E-state index in [2.05, 4.69) is 9.84 Å². The Balaban J connectivity index is 2.85. The van der Waals surface area contributed by atoms with Crippen LogP contribution >= 0.6 is 0 Å². The molecule has 1 heterocycles. The van der Waals surface area contributed by atoms with Crippen molar-refractivity contribution >= 4 is 5.97 Å². The molecule has 0 N–H and O–H groups in total. The SMILES string of the molecule is COC(=O)C(C)Oc1c(C)nn(C)c1C. The number of ether oxygens (including phenoxy) is 2. The lowest BCUT2D eigenvalue weighted by Crippen LogP contribution is -2.25. The number of hydrogen-bond donors (Lipinski definition) is 0. The van der Waals surface area contributed by atoms with Crippen LogP contribution in [-0.2, 0) is 16.6 Å². The van der Waals surface area contributed by atoms with Gasteiger partial charge < -0.3 is 9.47 Å². The number of carbonyl (C=O) groups excluding carboxylic acids is 1. The number of esters is 1. The van der Waals surface area contributed by atoms with Gasteiger partial charge in [-0.2, -0.15) is 5.10 Å². The van der Waals surface area contributed by atoms with Gasteiger partial charge in [0.05, 0.1) is 12.8 Å². The zero-order valence-corrected chi connectivity index (χ0v) is 9.70. The number of carbonyl (C=O) groups is 1. The minimum Gasteiger partial charge on any atom is -0.475 e. The molecule has 0 bridgehead atoms. The first-order chi connectivity index (χ1) is 6.97. The number of nitrogens with zero attached hydrogens (tertiary/aromatic N) is 2. The standard InChI is InChI=1S/C10H16N2O3/c1-6-9(7(2)12(4)11-6)15-8(3)10(13)14-5/h8H,1-5H3. The van der Waals surface area contributed by atoms with E-state index in [1.165, 1.54) is 7.11 Å². The molecule has 0 saturated heterocycles. The van der Waals surface area contributed by atoms with Gasteiger partial charge in [0.15, 0.2) is 11.9 Å². The first-order valence-corrected chi connectivity index (χ1v) is 4.72. The molecule has 0 amide bonds. The fraction of sp³-hybridized carbons (Fsp3) is 0.600. The number of hydrogen-bond acceptors (Lipinski definition) is 4. The molecule has 1 atom stereocenters. The van der Waals surface area contributed by atoms with E-state index in [1.54, 1.807) is 11.6 Å². The highest BCUT2D eigenvalue weighted by Gasteiger charge is 2.19. The van der Waals surface area contributed by atoms with Crippen molar-refractivity contribution in [3.05, 3.63) is 11.4 Å². The Kier molecular flexibility index (Phi) is 3.34. The summed E-state index contributed by atoms with van der Waals surface area (Å²) >= 11 is 0. The van der Waals surface area contributed by atoms with Gasteiger partial charge in [-0.05, 0) is 20.8 Å². The molecular weight excluding hydrogens is 196 g/mol. The molecule has 1 aromatic heterocycles. The Labute approximate surface area is 89.0 Å². The van der Waals surface area contributed by atoms with Crippen molar-refractivity contribution < 1.29 is 14.3 Å². The molecule has 0 aliphatic heterocycles. The molecule has 1 unspecified atom stereocenters. The third-order valence-corrected chi connectivity index (χ3v) is 2.27. The zero-order valence-electron chi connectivity index (χ0n) is 9.70. The second kappa shape index (κ2) is 4.33. The average Bonchev–Trinajstić information content (AvgIpc) is 2.43. The molecule has 0 aromatic carbocycles. The third kappa shape index (κ3) is 2.29. The van der Waals surface area contributed by atoms with Crippen LogP contribution in [0.2, 0.25) is 0 Å². The van der Waals surface area contributed by atoms with Crippen molar-refractivity contribution in [2.75, 3.05) is 7.11 Å². The lowest BCUT2D eigenvalue weighted by Gasteiger charge is -2.12. The summed E-state index contributed by atoms with van der Waals surface area (Å²) in [6.07, 6.45) is -0.614. The summed E-state index contributed by atoms with van der Waals surface area (Å²) in [5, 5.41) is 4.19. The van der Waals surface area contributed by atoms with Crippen LogP contribution < -0.4 is 4.74 Å². The molecule has 1 aromatic rings. The van der Waals surface area contributed by atoms with Crippen molar-refractivity contribution in [3.8, 4) is 5.75 Å². The maximum atomic E-state index is 11.2. The van der Waals surface area contributed by atoms with E-state index in [4.69, 9.17) is 4.74 Å². The van der Waals surface area contributed by atoms with Crippen LogP contribution in [0.5, 0.6) is 5.75 Å². The molecule has 84 valence electrons. The van der Waals surface area contributed by atoms with Gasteiger partial charge in [-0.3, -0.25) is 4.68 Å². The number of methoxy groups -OCH3 is 1. The van der Waals surface area contributed by atoms with E-state index in [9.17, 15) is 4.79 Å². The first kappa shape index (κ1) is 11.6. The molecule has 0 spiro atoms. The van der Waals surface area contributed by atoms with Crippen LogP contribution in [0.1, 0.15) is 18.3 Å². The monoisotopic (exact) mass is 212 g/mol. The minimum absolute atomic E-state index is 0.391. The molecule has 5 heteroatoms. The van der Waals surface area contributed by atoms with Gasteiger partial charge in [-0.1, -0.05) is 0 Å². The van der Waals surface area contributed by atoms with Crippen LogP contribution in [0.4, 0.5) is 0 Å². The van der Waals surface area contributed by atoms with Crippen molar-refractivity contribution in [2.24, 2.45) is 7.05 Å². The summed E-state index contributed by atoms with van der Waals surface area (Å²) in [6.45, 7) is 5.38. The quantitative estimate of drug-likeness (QED) is 0.701. The van der Waals surface area contributed by atoms with E-state index in [0.717, 1.165) is 11.4 Å². The fourth-order valence-corrected chi connectivity index (χ4v) is 1.32. The van der Waals surface area contributed by atoms with E-state index in [-0.39, 0.29) is 0 Å². The Morgan fingerprint density at radius 1 is 1.47 bits per heavy atom. The smallest absolute Gasteiger partial charge is 0.346 e. The number of rotatable bonds is 3. The van der Waals surface area contributed by atoms with Gasteiger partial charge in [-0.25, -0.2) is 4.79 Å². The summed E-state index contributed by atoms with van der Waals surface area (Å²) < 4.78 is 11.8. The normalized spacial score (nSPS) is 12.3. The third-order valence-electron chi connectivity index (χ3n) is 2.27. The molecular formula is C10H16N2O3. The van der Waals surface area contributed by atoms with Gasteiger partial charge in [0.25, 0.3) is 0 Å². The van der Waals surface area contributed by atoms with Crippen LogP contribution in [-0.4, -0.2) is 29.0 Å². The molecule has 0 aliphatic rings. The summed E-state index contributed by atoms with van der Waals surface area (Å²) in [5.74, 6) is 0.257. The van der Waals surface area contributed by atoms with E-state index >= 15 is 0 Å². The second-order valence-corrected chi connectivity index (χ2v) is 3.41. The Morgan fingerprint density at radius 3 is 2.47 bits per heavy atom. The average molecular weight is 212 g/mol. The Hall–Kier alpha value is -1.52. The lowest BCUT2D eigenvalue weighted by atomic mass is 10.3. The van der Waals surface area contributed by atoms with Crippen molar-refractivity contribution in [2.45, 2.75) is 26.9 Å². The highest BCUT2D eigenvalue weighted by atomic mass is 16.6. The van der Waals surface area contributed by atoms with Crippen LogP contribution in [0, 0.1) is 13.8 Å². The summed E-state index contributed by atoms with van der Waals surface area (Å²) in [6, 6.07) is 0. The fourth-order valence-electron chi connectivity index (χ4n) is 1.32. The summed E-state index contributed by atoms with van der Waals surface area (Å²) in [5.41, 5.74) is 1.66. The molecule has 0 radical (unpaired) electrons. The van der Waals surface area contributed by atoms with Gasteiger partial charge in [-0.15, -0.1) is 0 Å². The molecule has 0 saturated carbocycles. The minimum atomic E-state index is -0.614. The van der Waals surface area contributed by atoms with E-state index < -0.39 is 12.1 Å². The Morgan fingerprint density at radius 2 is 2.07 bits per heavy atom. The first-order valence-electron chi connectivity index (χ1n) is 4.72. The van der Waals surface area contributed by atoms with Gasteiger partial charge in [0.1, 0.15) is 5.69 Å². The predicted octanol–water partition coefficient (Wildman–Crippen LogP) is 0.977.